The van der Waals surface area contributed by atoms with Gasteiger partial charge in [-0.1, -0.05) is 6.08 Å². The van der Waals surface area contributed by atoms with Gasteiger partial charge in [-0.15, -0.1) is 0 Å². The second-order valence-electron chi connectivity index (χ2n) is 3.96. The summed E-state index contributed by atoms with van der Waals surface area (Å²) in [5, 5.41) is 18.9. The molecule has 0 aromatic heterocycles. The van der Waals surface area contributed by atoms with E-state index in [2.05, 4.69) is 0 Å². The van der Waals surface area contributed by atoms with Crippen LogP contribution in [0.3, 0.4) is 0 Å². The number of hydrogen-bond donors (Lipinski definition) is 2. The number of hydrogen-bond acceptors (Lipinski definition) is 4. The van der Waals surface area contributed by atoms with Crippen molar-refractivity contribution in [2.75, 3.05) is 20.3 Å². The predicted molar refractivity (Wildman–Crippen MR) is 53.8 cm³/mol. The lowest BCUT2D eigenvalue weighted by atomic mass is 9.84. The fourth-order valence-corrected chi connectivity index (χ4v) is 2.39. The van der Waals surface area contributed by atoms with E-state index < -0.39 is 6.29 Å². The summed E-state index contributed by atoms with van der Waals surface area (Å²) < 4.78 is 10.2. The summed E-state index contributed by atoms with van der Waals surface area (Å²) in [4.78, 5) is 0. The maximum atomic E-state index is 9.71. The van der Waals surface area contributed by atoms with Crippen molar-refractivity contribution in [2.45, 2.75) is 12.7 Å². The highest BCUT2D eigenvalue weighted by atomic mass is 16.6. The van der Waals surface area contributed by atoms with Crippen molar-refractivity contribution >= 4 is 0 Å². The van der Waals surface area contributed by atoms with Crippen molar-refractivity contribution in [2.24, 2.45) is 11.8 Å². The molecule has 0 bridgehead atoms. The summed E-state index contributed by atoms with van der Waals surface area (Å²) in [6.07, 6.45) is 3.58. The third kappa shape index (κ3) is 1.80. The number of aliphatic hydroxyl groups is 2. The molecule has 0 spiro atoms. The first kappa shape index (κ1) is 10.7. The van der Waals surface area contributed by atoms with Gasteiger partial charge in [0.15, 0.2) is 0 Å². The molecule has 2 N–H and O–H groups in total. The van der Waals surface area contributed by atoms with Crippen molar-refractivity contribution in [3.8, 4) is 0 Å². The molecular weight excluding hydrogens is 196 g/mol. The summed E-state index contributed by atoms with van der Waals surface area (Å²) >= 11 is 0. The summed E-state index contributed by atoms with van der Waals surface area (Å²) in [5.41, 5.74) is 1.92. The molecule has 0 saturated heterocycles. The summed E-state index contributed by atoms with van der Waals surface area (Å²) in [6.45, 7) is 0.502. The molecule has 15 heavy (non-hydrogen) atoms. The topological polar surface area (TPSA) is 58.9 Å². The van der Waals surface area contributed by atoms with E-state index in [0.717, 1.165) is 17.6 Å². The Balaban J connectivity index is 2.17. The van der Waals surface area contributed by atoms with Crippen LogP contribution in [0.15, 0.2) is 23.5 Å². The highest BCUT2D eigenvalue weighted by Gasteiger charge is 2.40. The van der Waals surface area contributed by atoms with E-state index in [4.69, 9.17) is 14.6 Å². The Kier molecular flexibility index (Phi) is 3.09. The van der Waals surface area contributed by atoms with Gasteiger partial charge in [-0.25, -0.2) is 0 Å². The highest BCUT2D eigenvalue weighted by Crippen LogP contribution is 2.41. The van der Waals surface area contributed by atoms with Gasteiger partial charge in [0.1, 0.15) is 0 Å². The minimum Gasteiger partial charge on any atom is -0.472 e. The zero-order valence-electron chi connectivity index (χ0n) is 8.72. The van der Waals surface area contributed by atoms with Crippen LogP contribution in [0.25, 0.3) is 0 Å². The molecule has 0 amide bonds. The molecular formula is C11H16O4. The Morgan fingerprint density at radius 1 is 1.53 bits per heavy atom. The average Bonchev–Trinajstić information content (AvgIpc) is 2.67. The summed E-state index contributed by atoms with van der Waals surface area (Å²) in [6, 6.07) is 0. The second-order valence-corrected chi connectivity index (χ2v) is 3.96. The molecule has 0 fully saturated rings. The average molecular weight is 212 g/mol. The second kappa shape index (κ2) is 4.35. The van der Waals surface area contributed by atoms with Crippen molar-refractivity contribution in [1.29, 1.82) is 0 Å². The Morgan fingerprint density at radius 2 is 2.33 bits per heavy atom. The van der Waals surface area contributed by atoms with Crippen LogP contribution in [0.5, 0.6) is 0 Å². The van der Waals surface area contributed by atoms with E-state index in [-0.39, 0.29) is 18.4 Å². The number of fused-ring (bicyclic) bond motifs is 1. The van der Waals surface area contributed by atoms with Crippen LogP contribution in [0.2, 0.25) is 0 Å². The van der Waals surface area contributed by atoms with Crippen molar-refractivity contribution < 1.29 is 19.7 Å². The number of rotatable bonds is 3. The third-order valence-corrected chi connectivity index (χ3v) is 3.13. The molecule has 0 saturated carbocycles. The molecule has 84 valence electrons. The monoisotopic (exact) mass is 212 g/mol. The molecule has 1 aliphatic heterocycles. The van der Waals surface area contributed by atoms with Crippen LogP contribution in [0.1, 0.15) is 6.42 Å². The van der Waals surface area contributed by atoms with Gasteiger partial charge in [-0.2, -0.15) is 0 Å². The molecule has 0 radical (unpaired) electrons. The normalized spacial score (nSPS) is 34.2. The standard InChI is InChI=1S/C11H16O4/c1-14-5-8-6-15-11(13)10-7(4-12)2-3-9(8)10/h2,6,9-13H,3-5H2,1H3. The molecule has 3 atom stereocenters. The summed E-state index contributed by atoms with van der Waals surface area (Å²) in [7, 11) is 1.64. The maximum absolute atomic E-state index is 9.71. The number of methoxy groups -OCH3 is 1. The zero-order chi connectivity index (χ0) is 10.8. The Labute approximate surface area is 88.8 Å². The Morgan fingerprint density at radius 3 is 3.00 bits per heavy atom. The molecule has 1 heterocycles. The smallest absolute Gasteiger partial charge is 0.203 e. The minimum absolute atomic E-state index is 0.0121. The SMILES string of the molecule is COCC1=COC(O)C2C(CO)=CCC12. The molecule has 0 aromatic carbocycles. The summed E-state index contributed by atoms with van der Waals surface area (Å²) in [5.74, 6) is 0.112. The lowest BCUT2D eigenvalue weighted by Crippen LogP contribution is -2.34. The molecule has 4 heteroatoms. The van der Waals surface area contributed by atoms with Crippen LogP contribution >= 0.6 is 0 Å². The van der Waals surface area contributed by atoms with E-state index in [0.29, 0.717) is 6.61 Å². The lowest BCUT2D eigenvalue weighted by molar-refractivity contribution is -0.106. The number of allylic oxidation sites excluding steroid dienone is 1. The van der Waals surface area contributed by atoms with Gasteiger partial charge >= 0.3 is 0 Å². The predicted octanol–water partition coefficient (Wildman–Crippen LogP) is 0.420. The molecule has 0 aromatic rings. The molecule has 2 rings (SSSR count). The van der Waals surface area contributed by atoms with Crippen LogP contribution in [-0.4, -0.2) is 36.8 Å². The van der Waals surface area contributed by atoms with Gasteiger partial charge in [0.2, 0.25) is 6.29 Å². The molecule has 4 nitrogen and oxygen atoms in total. The maximum Gasteiger partial charge on any atom is 0.203 e. The Bertz CT molecular complexity index is 295. The number of aliphatic hydroxyl groups excluding tert-OH is 2. The fourth-order valence-electron chi connectivity index (χ4n) is 2.39. The first-order valence-electron chi connectivity index (χ1n) is 5.09. The van der Waals surface area contributed by atoms with Crippen molar-refractivity contribution in [3.05, 3.63) is 23.5 Å². The van der Waals surface area contributed by atoms with Gasteiger partial charge < -0.3 is 19.7 Å². The van der Waals surface area contributed by atoms with Crippen molar-refractivity contribution in [3.63, 3.8) is 0 Å². The molecule has 2 aliphatic rings. The van der Waals surface area contributed by atoms with E-state index in [1.807, 2.05) is 6.08 Å². The third-order valence-electron chi connectivity index (χ3n) is 3.13. The largest absolute Gasteiger partial charge is 0.472 e. The molecule has 1 aliphatic carbocycles. The van der Waals surface area contributed by atoms with Gasteiger partial charge in [0, 0.05) is 13.0 Å². The lowest BCUT2D eigenvalue weighted by Gasteiger charge is -2.32. The van der Waals surface area contributed by atoms with E-state index in [1.54, 1.807) is 13.4 Å². The van der Waals surface area contributed by atoms with Crippen molar-refractivity contribution in [1.82, 2.24) is 0 Å². The van der Waals surface area contributed by atoms with Crippen LogP contribution < -0.4 is 0 Å². The molecule has 3 unspecified atom stereocenters. The van der Waals surface area contributed by atoms with Gasteiger partial charge in [0.05, 0.1) is 25.4 Å². The quantitative estimate of drug-likeness (QED) is 0.666. The first-order valence-corrected chi connectivity index (χ1v) is 5.09. The first-order chi connectivity index (χ1) is 7.27. The van der Waals surface area contributed by atoms with Crippen LogP contribution in [-0.2, 0) is 9.47 Å². The zero-order valence-corrected chi connectivity index (χ0v) is 8.72. The minimum atomic E-state index is -0.837. The van der Waals surface area contributed by atoms with E-state index >= 15 is 0 Å². The number of ether oxygens (including phenoxy) is 2. The van der Waals surface area contributed by atoms with Crippen LogP contribution in [0, 0.1) is 11.8 Å². The van der Waals surface area contributed by atoms with Crippen LogP contribution in [0.4, 0.5) is 0 Å². The van der Waals surface area contributed by atoms with E-state index in [1.165, 1.54) is 0 Å². The Hall–Kier alpha value is -0.840. The van der Waals surface area contributed by atoms with Gasteiger partial charge in [-0.05, 0) is 17.6 Å². The van der Waals surface area contributed by atoms with Gasteiger partial charge in [-0.3, -0.25) is 0 Å². The van der Waals surface area contributed by atoms with E-state index in [9.17, 15) is 5.11 Å². The fraction of sp³-hybridized carbons (Fsp3) is 0.636. The van der Waals surface area contributed by atoms with Gasteiger partial charge in [0.25, 0.3) is 0 Å². The highest BCUT2D eigenvalue weighted by molar-refractivity contribution is 5.26.